The van der Waals surface area contributed by atoms with Crippen LogP contribution in [0.1, 0.15) is 30.6 Å². The van der Waals surface area contributed by atoms with Crippen molar-refractivity contribution in [2.45, 2.75) is 20.3 Å². The lowest BCUT2D eigenvalue weighted by Gasteiger charge is -2.25. The highest BCUT2D eigenvalue weighted by Crippen LogP contribution is 2.27. The SMILES string of the molecule is CCC(C)(CN)C(=O)Nc1cc(C(=O)N(C)C)ccc1Cl. The molecule has 0 fully saturated rings. The summed E-state index contributed by atoms with van der Waals surface area (Å²) in [6, 6.07) is 4.80. The molecule has 0 saturated carbocycles. The third-order valence-corrected chi connectivity index (χ3v) is 3.98. The number of anilines is 1. The van der Waals surface area contributed by atoms with E-state index in [1.165, 1.54) is 4.90 Å². The number of nitrogens with zero attached hydrogens (tertiary/aromatic N) is 1. The van der Waals surface area contributed by atoms with E-state index in [1.54, 1.807) is 39.2 Å². The number of benzene rings is 1. The van der Waals surface area contributed by atoms with Gasteiger partial charge in [-0.3, -0.25) is 9.59 Å². The number of hydrogen-bond donors (Lipinski definition) is 2. The molecule has 0 bridgehead atoms. The molecule has 1 aromatic carbocycles. The van der Waals surface area contributed by atoms with E-state index in [0.717, 1.165) is 0 Å². The van der Waals surface area contributed by atoms with Crippen molar-refractivity contribution in [1.82, 2.24) is 4.90 Å². The Hall–Kier alpha value is -1.59. The fourth-order valence-electron chi connectivity index (χ4n) is 1.68. The Morgan fingerprint density at radius 1 is 1.38 bits per heavy atom. The van der Waals surface area contributed by atoms with Crippen molar-refractivity contribution in [1.29, 1.82) is 0 Å². The summed E-state index contributed by atoms with van der Waals surface area (Å²) < 4.78 is 0. The quantitative estimate of drug-likeness (QED) is 0.876. The Kier molecular flexibility index (Phi) is 5.75. The summed E-state index contributed by atoms with van der Waals surface area (Å²) in [7, 11) is 3.33. The monoisotopic (exact) mass is 311 g/mol. The number of carbonyl (C=O) groups excluding carboxylic acids is 2. The molecule has 0 aliphatic heterocycles. The molecule has 0 radical (unpaired) electrons. The summed E-state index contributed by atoms with van der Waals surface area (Å²) >= 11 is 6.09. The van der Waals surface area contributed by atoms with Crippen LogP contribution >= 0.6 is 11.6 Å². The third-order valence-electron chi connectivity index (χ3n) is 3.65. The van der Waals surface area contributed by atoms with Crippen molar-refractivity contribution in [3.8, 4) is 0 Å². The molecule has 3 N–H and O–H groups in total. The minimum atomic E-state index is -0.662. The molecule has 0 aromatic heterocycles. The van der Waals surface area contributed by atoms with E-state index in [2.05, 4.69) is 5.32 Å². The van der Waals surface area contributed by atoms with Crippen LogP contribution in [0, 0.1) is 5.41 Å². The summed E-state index contributed by atoms with van der Waals surface area (Å²) in [6.45, 7) is 3.94. The van der Waals surface area contributed by atoms with Gasteiger partial charge in [-0.05, 0) is 31.5 Å². The number of nitrogens with one attached hydrogen (secondary N) is 1. The molecule has 2 amide bonds. The van der Waals surface area contributed by atoms with Crippen LogP contribution in [0.2, 0.25) is 5.02 Å². The Morgan fingerprint density at radius 2 is 2.00 bits per heavy atom. The van der Waals surface area contributed by atoms with E-state index in [4.69, 9.17) is 17.3 Å². The van der Waals surface area contributed by atoms with Gasteiger partial charge in [-0.2, -0.15) is 0 Å². The Labute approximate surface area is 130 Å². The van der Waals surface area contributed by atoms with Crippen molar-refractivity contribution in [2.75, 3.05) is 26.0 Å². The molecule has 0 aliphatic rings. The molecule has 0 spiro atoms. The van der Waals surface area contributed by atoms with Crippen LogP contribution in [0.5, 0.6) is 0 Å². The van der Waals surface area contributed by atoms with Gasteiger partial charge >= 0.3 is 0 Å². The normalized spacial score (nSPS) is 13.4. The number of nitrogens with two attached hydrogens (primary N) is 1. The first-order valence-electron chi connectivity index (χ1n) is 6.78. The molecule has 116 valence electrons. The van der Waals surface area contributed by atoms with Gasteiger partial charge in [-0.15, -0.1) is 0 Å². The van der Waals surface area contributed by atoms with Gasteiger partial charge in [0.25, 0.3) is 5.91 Å². The minimum Gasteiger partial charge on any atom is -0.345 e. The van der Waals surface area contributed by atoms with Gasteiger partial charge in [0.05, 0.1) is 16.1 Å². The molecule has 1 aromatic rings. The molecule has 1 atom stereocenters. The van der Waals surface area contributed by atoms with E-state index in [0.29, 0.717) is 22.7 Å². The van der Waals surface area contributed by atoms with E-state index >= 15 is 0 Å². The van der Waals surface area contributed by atoms with Crippen LogP contribution in [0.15, 0.2) is 18.2 Å². The molecule has 5 nitrogen and oxygen atoms in total. The number of hydrogen-bond acceptors (Lipinski definition) is 3. The topological polar surface area (TPSA) is 75.4 Å². The van der Waals surface area contributed by atoms with Gasteiger partial charge in [0, 0.05) is 26.2 Å². The van der Waals surface area contributed by atoms with Gasteiger partial charge in [-0.25, -0.2) is 0 Å². The summed E-state index contributed by atoms with van der Waals surface area (Å²) in [5.41, 5.74) is 5.89. The van der Waals surface area contributed by atoms with Crippen molar-refractivity contribution in [2.24, 2.45) is 11.1 Å². The van der Waals surface area contributed by atoms with E-state index in [1.807, 2.05) is 6.92 Å². The zero-order chi connectivity index (χ0) is 16.2. The minimum absolute atomic E-state index is 0.153. The summed E-state index contributed by atoms with van der Waals surface area (Å²) in [4.78, 5) is 25.7. The Bertz CT molecular complexity index is 540. The lowest BCUT2D eigenvalue weighted by Crippen LogP contribution is -2.39. The van der Waals surface area contributed by atoms with Crippen LogP contribution in [-0.4, -0.2) is 37.4 Å². The van der Waals surface area contributed by atoms with Gasteiger partial charge in [0.2, 0.25) is 5.91 Å². The van der Waals surface area contributed by atoms with Crippen molar-refractivity contribution in [3.63, 3.8) is 0 Å². The smallest absolute Gasteiger partial charge is 0.253 e. The number of amides is 2. The zero-order valence-electron chi connectivity index (χ0n) is 12.9. The highest BCUT2D eigenvalue weighted by Gasteiger charge is 2.30. The molecule has 0 aliphatic carbocycles. The molecular formula is C15H22ClN3O2. The van der Waals surface area contributed by atoms with Crippen molar-refractivity contribution >= 4 is 29.1 Å². The predicted molar refractivity (Wildman–Crippen MR) is 85.6 cm³/mol. The standard InChI is InChI=1S/C15H22ClN3O2/c1-5-15(2,9-17)14(21)18-12-8-10(6-7-11(12)16)13(20)19(3)4/h6-8H,5,9,17H2,1-4H3,(H,18,21). The van der Waals surface area contributed by atoms with Gasteiger partial charge in [0.1, 0.15) is 0 Å². The zero-order valence-corrected chi connectivity index (χ0v) is 13.6. The average molecular weight is 312 g/mol. The molecule has 6 heteroatoms. The fourth-order valence-corrected chi connectivity index (χ4v) is 1.85. The van der Waals surface area contributed by atoms with Crippen LogP contribution in [0.25, 0.3) is 0 Å². The lowest BCUT2D eigenvalue weighted by atomic mass is 9.86. The third kappa shape index (κ3) is 3.95. The second-order valence-electron chi connectivity index (χ2n) is 5.47. The first-order valence-corrected chi connectivity index (χ1v) is 7.15. The maximum absolute atomic E-state index is 12.3. The maximum atomic E-state index is 12.3. The van der Waals surface area contributed by atoms with Gasteiger partial charge in [-0.1, -0.05) is 18.5 Å². The second-order valence-corrected chi connectivity index (χ2v) is 5.87. The fraction of sp³-hybridized carbons (Fsp3) is 0.467. The summed E-state index contributed by atoms with van der Waals surface area (Å²) in [5.74, 6) is -0.358. The van der Waals surface area contributed by atoms with Crippen molar-refractivity contribution in [3.05, 3.63) is 28.8 Å². The number of halogens is 1. The molecule has 1 unspecified atom stereocenters. The highest BCUT2D eigenvalue weighted by molar-refractivity contribution is 6.34. The maximum Gasteiger partial charge on any atom is 0.253 e. The largest absolute Gasteiger partial charge is 0.345 e. The summed E-state index contributed by atoms with van der Waals surface area (Å²) in [6.07, 6.45) is 0.614. The second kappa shape index (κ2) is 6.91. The molecule has 0 saturated heterocycles. The van der Waals surface area contributed by atoms with E-state index < -0.39 is 5.41 Å². The van der Waals surface area contributed by atoms with Gasteiger partial charge in [0.15, 0.2) is 0 Å². The first-order chi connectivity index (χ1) is 9.75. The average Bonchev–Trinajstić information content (AvgIpc) is 2.47. The summed E-state index contributed by atoms with van der Waals surface area (Å²) in [5, 5.41) is 3.15. The molecular weight excluding hydrogens is 290 g/mol. The van der Waals surface area contributed by atoms with Crippen LogP contribution in [-0.2, 0) is 4.79 Å². The van der Waals surface area contributed by atoms with Crippen LogP contribution in [0.4, 0.5) is 5.69 Å². The Morgan fingerprint density at radius 3 is 2.48 bits per heavy atom. The van der Waals surface area contributed by atoms with E-state index in [-0.39, 0.29) is 18.4 Å². The first kappa shape index (κ1) is 17.5. The molecule has 1 rings (SSSR count). The van der Waals surface area contributed by atoms with Crippen molar-refractivity contribution < 1.29 is 9.59 Å². The van der Waals surface area contributed by atoms with E-state index in [9.17, 15) is 9.59 Å². The number of rotatable bonds is 5. The molecule has 0 heterocycles. The highest BCUT2D eigenvalue weighted by atomic mass is 35.5. The molecule has 21 heavy (non-hydrogen) atoms. The van der Waals surface area contributed by atoms with Crippen LogP contribution < -0.4 is 11.1 Å². The van der Waals surface area contributed by atoms with Crippen LogP contribution in [0.3, 0.4) is 0 Å². The Balaban J connectivity index is 3.06. The number of carbonyl (C=O) groups is 2. The predicted octanol–water partition coefficient (Wildman–Crippen LogP) is 2.36. The lowest BCUT2D eigenvalue weighted by molar-refractivity contribution is -0.124. The van der Waals surface area contributed by atoms with Gasteiger partial charge < -0.3 is 16.0 Å².